The van der Waals surface area contributed by atoms with Crippen molar-refractivity contribution >= 4 is 5.97 Å². The highest BCUT2D eigenvalue weighted by molar-refractivity contribution is 5.73. The fourth-order valence-corrected chi connectivity index (χ4v) is 1.72. The number of nitrogens with zero attached hydrogens (tertiary/aromatic N) is 1. The van der Waals surface area contributed by atoms with Gasteiger partial charge in [0.25, 0.3) is 0 Å². The van der Waals surface area contributed by atoms with Gasteiger partial charge in [-0.05, 0) is 20.3 Å². The first kappa shape index (κ1) is 14.4. The summed E-state index contributed by atoms with van der Waals surface area (Å²) in [5.41, 5.74) is 0. The normalized spacial score (nSPS) is 13.5. The van der Waals surface area contributed by atoms with Crippen molar-refractivity contribution < 1.29 is 15.0 Å². The van der Waals surface area contributed by atoms with Crippen LogP contribution in [0.4, 0.5) is 0 Å². The van der Waals surface area contributed by atoms with Crippen LogP contribution in [0, 0.1) is 0 Å². The van der Waals surface area contributed by atoms with Crippen molar-refractivity contribution in [1.82, 2.24) is 4.90 Å². The number of unbranched alkanes of at least 4 members (excludes halogenated alkanes) is 1. The van der Waals surface area contributed by atoms with Crippen molar-refractivity contribution in [1.29, 1.82) is 0 Å². The summed E-state index contributed by atoms with van der Waals surface area (Å²) in [7, 11) is 0. The monoisotopic (exact) mass is 217 g/mol. The van der Waals surface area contributed by atoms with Crippen molar-refractivity contribution in [2.75, 3.05) is 13.2 Å². The van der Waals surface area contributed by atoms with E-state index < -0.39 is 12.0 Å². The van der Waals surface area contributed by atoms with Gasteiger partial charge in [0.05, 0.1) is 6.61 Å². The van der Waals surface area contributed by atoms with E-state index in [1.165, 1.54) is 0 Å². The highest BCUT2D eigenvalue weighted by Crippen LogP contribution is 2.12. The first-order chi connectivity index (χ1) is 7.04. The van der Waals surface area contributed by atoms with Crippen molar-refractivity contribution in [2.24, 2.45) is 0 Å². The number of carboxylic acid groups (broad SMARTS) is 1. The van der Waals surface area contributed by atoms with Gasteiger partial charge in [-0.3, -0.25) is 9.69 Å². The summed E-state index contributed by atoms with van der Waals surface area (Å²) in [6.45, 7) is 6.40. The van der Waals surface area contributed by atoms with E-state index >= 15 is 0 Å². The Bertz CT molecular complexity index is 183. The van der Waals surface area contributed by atoms with E-state index in [2.05, 4.69) is 0 Å². The second-order valence-corrected chi connectivity index (χ2v) is 4.05. The van der Waals surface area contributed by atoms with Gasteiger partial charge in [-0.2, -0.15) is 0 Å². The average Bonchev–Trinajstić information content (AvgIpc) is 2.16. The molecule has 0 saturated carbocycles. The maximum Gasteiger partial charge on any atom is 0.320 e. The highest BCUT2D eigenvalue weighted by Gasteiger charge is 2.26. The number of rotatable bonds is 8. The number of aliphatic hydroxyl groups is 1. The van der Waals surface area contributed by atoms with Crippen LogP contribution in [0.5, 0.6) is 0 Å². The molecule has 0 bridgehead atoms. The maximum absolute atomic E-state index is 11.1. The number of hydrogen-bond acceptors (Lipinski definition) is 3. The maximum atomic E-state index is 11.1. The fourth-order valence-electron chi connectivity index (χ4n) is 1.72. The second kappa shape index (κ2) is 7.65. The molecule has 0 aromatic carbocycles. The molecule has 2 N–H and O–H groups in total. The first-order valence-corrected chi connectivity index (χ1v) is 5.64. The Hall–Kier alpha value is -0.610. The summed E-state index contributed by atoms with van der Waals surface area (Å²) < 4.78 is 0. The number of carboxylic acids is 1. The standard InChI is InChI=1S/C11H23NO3/c1-4-5-6-10(11(14)15)12(7-8-13)9(2)3/h9-10,13H,4-8H2,1-3H3,(H,14,15). The largest absolute Gasteiger partial charge is 0.480 e. The van der Waals surface area contributed by atoms with Gasteiger partial charge in [0, 0.05) is 12.6 Å². The van der Waals surface area contributed by atoms with E-state index in [9.17, 15) is 4.79 Å². The predicted octanol–water partition coefficient (Wildman–Crippen LogP) is 1.33. The molecule has 0 spiro atoms. The molecule has 0 amide bonds. The van der Waals surface area contributed by atoms with Crippen LogP contribution in [0.2, 0.25) is 0 Å². The zero-order valence-corrected chi connectivity index (χ0v) is 9.94. The summed E-state index contributed by atoms with van der Waals surface area (Å²) in [6.07, 6.45) is 2.56. The highest BCUT2D eigenvalue weighted by atomic mass is 16.4. The number of aliphatic carboxylic acids is 1. The van der Waals surface area contributed by atoms with Gasteiger partial charge in [-0.1, -0.05) is 19.8 Å². The van der Waals surface area contributed by atoms with E-state index in [0.717, 1.165) is 12.8 Å². The van der Waals surface area contributed by atoms with E-state index in [-0.39, 0.29) is 12.6 Å². The molecule has 4 nitrogen and oxygen atoms in total. The predicted molar refractivity (Wildman–Crippen MR) is 59.9 cm³/mol. The SMILES string of the molecule is CCCCC(C(=O)O)N(CCO)C(C)C. The molecule has 1 atom stereocenters. The minimum absolute atomic E-state index is 0.00802. The van der Waals surface area contributed by atoms with E-state index in [4.69, 9.17) is 10.2 Å². The third-order valence-corrected chi connectivity index (χ3v) is 2.54. The molecule has 0 radical (unpaired) electrons. The molecule has 4 heteroatoms. The summed E-state index contributed by atoms with van der Waals surface area (Å²) >= 11 is 0. The third kappa shape index (κ3) is 5.14. The number of carbonyl (C=O) groups is 1. The Morgan fingerprint density at radius 3 is 2.33 bits per heavy atom. The van der Waals surface area contributed by atoms with Crippen LogP contribution < -0.4 is 0 Å². The molecule has 0 fully saturated rings. The van der Waals surface area contributed by atoms with Gasteiger partial charge < -0.3 is 10.2 Å². The second-order valence-electron chi connectivity index (χ2n) is 4.05. The molecule has 0 saturated heterocycles. The smallest absolute Gasteiger partial charge is 0.320 e. The topological polar surface area (TPSA) is 60.8 Å². The summed E-state index contributed by atoms with van der Waals surface area (Å²) in [4.78, 5) is 12.9. The number of hydrogen-bond donors (Lipinski definition) is 2. The van der Waals surface area contributed by atoms with Crippen LogP contribution in [0.1, 0.15) is 40.0 Å². The van der Waals surface area contributed by atoms with Crippen molar-refractivity contribution in [3.05, 3.63) is 0 Å². The molecule has 0 aliphatic rings. The molecule has 0 aliphatic carbocycles. The Labute approximate surface area is 91.9 Å². The Morgan fingerprint density at radius 2 is 2.00 bits per heavy atom. The quantitative estimate of drug-likeness (QED) is 0.644. The van der Waals surface area contributed by atoms with Gasteiger partial charge >= 0.3 is 5.97 Å². The van der Waals surface area contributed by atoms with E-state index in [1.54, 1.807) is 0 Å². The van der Waals surface area contributed by atoms with Gasteiger partial charge in [0.2, 0.25) is 0 Å². The fraction of sp³-hybridized carbons (Fsp3) is 0.909. The molecule has 0 aromatic heterocycles. The summed E-state index contributed by atoms with van der Waals surface area (Å²) in [6, 6.07) is -0.313. The van der Waals surface area contributed by atoms with Crippen LogP contribution in [-0.4, -0.2) is 46.3 Å². The lowest BCUT2D eigenvalue weighted by Crippen LogP contribution is -2.46. The lowest BCUT2D eigenvalue weighted by molar-refractivity contribution is -0.144. The van der Waals surface area contributed by atoms with Crippen LogP contribution >= 0.6 is 0 Å². The lowest BCUT2D eigenvalue weighted by Gasteiger charge is -2.31. The van der Waals surface area contributed by atoms with Crippen LogP contribution in [0.25, 0.3) is 0 Å². The first-order valence-electron chi connectivity index (χ1n) is 5.64. The van der Waals surface area contributed by atoms with E-state index in [1.807, 2.05) is 25.7 Å². The van der Waals surface area contributed by atoms with Crippen LogP contribution in [0.3, 0.4) is 0 Å². The zero-order chi connectivity index (χ0) is 11.8. The molecule has 90 valence electrons. The molecule has 1 unspecified atom stereocenters. The van der Waals surface area contributed by atoms with Gasteiger partial charge in [-0.15, -0.1) is 0 Å². The lowest BCUT2D eigenvalue weighted by atomic mass is 10.1. The molecule has 0 aromatic rings. The number of aliphatic hydroxyl groups excluding tert-OH is 1. The molecular weight excluding hydrogens is 194 g/mol. The Balaban J connectivity index is 4.44. The summed E-state index contributed by atoms with van der Waals surface area (Å²) in [5.74, 6) is -0.786. The minimum atomic E-state index is -0.786. The van der Waals surface area contributed by atoms with Gasteiger partial charge in [0.15, 0.2) is 0 Å². The van der Waals surface area contributed by atoms with Crippen molar-refractivity contribution in [2.45, 2.75) is 52.1 Å². The van der Waals surface area contributed by atoms with Crippen LogP contribution in [-0.2, 0) is 4.79 Å². The van der Waals surface area contributed by atoms with Crippen molar-refractivity contribution in [3.8, 4) is 0 Å². The van der Waals surface area contributed by atoms with Gasteiger partial charge in [-0.25, -0.2) is 0 Å². The zero-order valence-electron chi connectivity index (χ0n) is 9.94. The van der Waals surface area contributed by atoms with Crippen LogP contribution in [0.15, 0.2) is 0 Å². The third-order valence-electron chi connectivity index (χ3n) is 2.54. The average molecular weight is 217 g/mol. The Kier molecular flexibility index (Phi) is 7.34. The molecule has 15 heavy (non-hydrogen) atoms. The molecule has 0 aliphatic heterocycles. The van der Waals surface area contributed by atoms with E-state index in [0.29, 0.717) is 13.0 Å². The molecular formula is C11H23NO3. The minimum Gasteiger partial charge on any atom is -0.480 e. The molecule has 0 heterocycles. The summed E-state index contributed by atoms with van der Waals surface area (Å²) in [5, 5.41) is 18.0. The Morgan fingerprint density at radius 1 is 1.40 bits per heavy atom. The van der Waals surface area contributed by atoms with Crippen molar-refractivity contribution in [3.63, 3.8) is 0 Å². The molecule has 0 rings (SSSR count). The van der Waals surface area contributed by atoms with Gasteiger partial charge in [0.1, 0.15) is 6.04 Å².